The Bertz CT molecular complexity index is 401. The first-order valence-corrected chi connectivity index (χ1v) is 6.72. The van der Waals surface area contributed by atoms with Crippen molar-refractivity contribution in [1.82, 2.24) is 5.32 Å². The highest BCUT2D eigenvalue weighted by atomic mass is 19.1. The summed E-state index contributed by atoms with van der Waals surface area (Å²) in [6, 6.07) is 5.14. The molecule has 0 heterocycles. The third-order valence-electron chi connectivity index (χ3n) is 3.78. The number of hydrogen-bond acceptors (Lipinski definition) is 2. The van der Waals surface area contributed by atoms with Crippen molar-refractivity contribution in [2.45, 2.75) is 39.2 Å². The number of rotatable bonds is 7. The van der Waals surface area contributed by atoms with Crippen LogP contribution in [0.5, 0.6) is 5.75 Å². The van der Waals surface area contributed by atoms with Crippen LogP contribution in [0.3, 0.4) is 0 Å². The minimum atomic E-state index is -0.286. The van der Waals surface area contributed by atoms with Gasteiger partial charge in [-0.2, -0.15) is 0 Å². The molecule has 1 fully saturated rings. The normalized spacial score (nSPS) is 16.6. The fraction of sp³-hybridized carbons (Fsp3) is 0.600. The van der Waals surface area contributed by atoms with E-state index in [0.717, 1.165) is 18.7 Å². The smallest absolute Gasteiger partial charge is 0.165 e. The summed E-state index contributed by atoms with van der Waals surface area (Å²) in [4.78, 5) is 0. The van der Waals surface area contributed by atoms with Crippen molar-refractivity contribution in [3.05, 3.63) is 29.6 Å². The van der Waals surface area contributed by atoms with Crippen LogP contribution in [0, 0.1) is 11.2 Å². The van der Waals surface area contributed by atoms with Gasteiger partial charge in [0.1, 0.15) is 0 Å². The molecule has 0 bridgehead atoms. The molecule has 0 saturated heterocycles. The number of nitrogens with one attached hydrogen (secondary N) is 1. The minimum absolute atomic E-state index is 0.286. The van der Waals surface area contributed by atoms with Crippen molar-refractivity contribution in [2.24, 2.45) is 5.41 Å². The van der Waals surface area contributed by atoms with Crippen LogP contribution in [0.15, 0.2) is 18.2 Å². The lowest BCUT2D eigenvalue weighted by molar-refractivity contribution is 0.385. The molecule has 2 rings (SSSR count). The van der Waals surface area contributed by atoms with Crippen LogP contribution in [-0.4, -0.2) is 13.7 Å². The minimum Gasteiger partial charge on any atom is -0.494 e. The molecule has 1 aromatic carbocycles. The molecule has 0 spiro atoms. The molecule has 0 aliphatic heterocycles. The molecule has 1 aliphatic carbocycles. The van der Waals surface area contributed by atoms with Crippen LogP contribution in [0.1, 0.15) is 38.2 Å². The van der Waals surface area contributed by atoms with Gasteiger partial charge in [0.05, 0.1) is 7.11 Å². The predicted molar refractivity (Wildman–Crippen MR) is 71.2 cm³/mol. The standard InChI is InChI=1S/C15H22FNO/c1-3-6-15(7-8-15)11-17-10-12-4-5-14(18-2)13(16)9-12/h4-5,9,17H,3,6-8,10-11H2,1-2H3. The van der Waals surface area contributed by atoms with Crippen molar-refractivity contribution in [3.8, 4) is 5.75 Å². The highest BCUT2D eigenvalue weighted by Crippen LogP contribution is 2.48. The van der Waals surface area contributed by atoms with E-state index in [4.69, 9.17) is 4.74 Å². The Kier molecular flexibility index (Phi) is 4.23. The average molecular weight is 251 g/mol. The molecule has 18 heavy (non-hydrogen) atoms. The first-order valence-electron chi connectivity index (χ1n) is 6.72. The van der Waals surface area contributed by atoms with Crippen molar-refractivity contribution in [2.75, 3.05) is 13.7 Å². The van der Waals surface area contributed by atoms with E-state index in [1.54, 1.807) is 12.1 Å². The highest BCUT2D eigenvalue weighted by Gasteiger charge is 2.40. The first kappa shape index (κ1) is 13.3. The molecule has 1 aromatic rings. The van der Waals surface area contributed by atoms with Gasteiger partial charge in [-0.1, -0.05) is 19.4 Å². The molecule has 3 heteroatoms. The summed E-state index contributed by atoms with van der Waals surface area (Å²) in [6.07, 6.45) is 5.23. The van der Waals surface area contributed by atoms with E-state index in [0.29, 0.717) is 11.2 Å². The number of hydrogen-bond donors (Lipinski definition) is 1. The van der Waals surface area contributed by atoms with Gasteiger partial charge in [-0.25, -0.2) is 4.39 Å². The second-order valence-corrected chi connectivity index (χ2v) is 5.32. The van der Waals surface area contributed by atoms with Gasteiger partial charge in [-0.15, -0.1) is 0 Å². The Morgan fingerprint density at radius 1 is 1.39 bits per heavy atom. The van der Waals surface area contributed by atoms with E-state index in [1.165, 1.54) is 32.8 Å². The molecule has 100 valence electrons. The van der Waals surface area contributed by atoms with Crippen molar-refractivity contribution < 1.29 is 9.13 Å². The molecule has 1 saturated carbocycles. The Morgan fingerprint density at radius 2 is 2.17 bits per heavy atom. The molecule has 1 N–H and O–H groups in total. The van der Waals surface area contributed by atoms with Gasteiger partial charge in [0.25, 0.3) is 0 Å². The zero-order valence-electron chi connectivity index (χ0n) is 11.3. The summed E-state index contributed by atoms with van der Waals surface area (Å²) in [6.45, 7) is 4.01. The number of ether oxygens (including phenoxy) is 1. The zero-order valence-corrected chi connectivity index (χ0v) is 11.3. The van der Waals surface area contributed by atoms with Gasteiger partial charge >= 0.3 is 0 Å². The second kappa shape index (κ2) is 5.70. The summed E-state index contributed by atoms with van der Waals surface area (Å²) in [7, 11) is 1.48. The lowest BCUT2D eigenvalue weighted by Gasteiger charge is -2.15. The van der Waals surface area contributed by atoms with E-state index in [1.807, 2.05) is 6.07 Å². The predicted octanol–water partition coefficient (Wildman–Crippen LogP) is 3.50. The van der Waals surface area contributed by atoms with E-state index in [9.17, 15) is 4.39 Å². The third-order valence-corrected chi connectivity index (χ3v) is 3.78. The summed E-state index contributed by atoms with van der Waals surface area (Å²) in [5.74, 6) is 0.0230. The third kappa shape index (κ3) is 3.22. The van der Waals surface area contributed by atoms with Gasteiger partial charge in [0.2, 0.25) is 0 Å². The van der Waals surface area contributed by atoms with Crippen LogP contribution >= 0.6 is 0 Å². The maximum absolute atomic E-state index is 13.5. The molecule has 0 unspecified atom stereocenters. The van der Waals surface area contributed by atoms with Crippen LogP contribution in [0.25, 0.3) is 0 Å². The second-order valence-electron chi connectivity index (χ2n) is 5.32. The molecule has 1 aliphatic rings. The fourth-order valence-electron chi connectivity index (χ4n) is 2.51. The molecule has 2 nitrogen and oxygen atoms in total. The lowest BCUT2D eigenvalue weighted by Crippen LogP contribution is -2.23. The Balaban J connectivity index is 1.82. The van der Waals surface area contributed by atoms with Gasteiger partial charge in [0, 0.05) is 13.1 Å². The van der Waals surface area contributed by atoms with Crippen LogP contribution < -0.4 is 10.1 Å². The van der Waals surface area contributed by atoms with Crippen LogP contribution in [0.4, 0.5) is 4.39 Å². The van der Waals surface area contributed by atoms with Crippen LogP contribution in [0.2, 0.25) is 0 Å². The maximum atomic E-state index is 13.5. The van der Waals surface area contributed by atoms with Gasteiger partial charge in [-0.3, -0.25) is 0 Å². The number of halogens is 1. The first-order chi connectivity index (χ1) is 8.69. The molecular weight excluding hydrogens is 229 g/mol. The topological polar surface area (TPSA) is 21.3 Å². The molecule has 0 aromatic heterocycles. The largest absolute Gasteiger partial charge is 0.494 e. The molecule has 0 radical (unpaired) electrons. The van der Waals surface area contributed by atoms with Crippen molar-refractivity contribution in [1.29, 1.82) is 0 Å². The summed E-state index contributed by atoms with van der Waals surface area (Å²) >= 11 is 0. The van der Waals surface area contributed by atoms with E-state index < -0.39 is 0 Å². The van der Waals surface area contributed by atoms with Gasteiger partial charge < -0.3 is 10.1 Å². The van der Waals surface area contributed by atoms with Crippen molar-refractivity contribution in [3.63, 3.8) is 0 Å². The Hall–Kier alpha value is -1.09. The van der Waals surface area contributed by atoms with E-state index in [-0.39, 0.29) is 5.82 Å². The van der Waals surface area contributed by atoms with E-state index in [2.05, 4.69) is 12.2 Å². The van der Waals surface area contributed by atoms with E-state index >= 15 is 0 Å². The van der Waals surface area contributed by atoms with Crippen LogP contribution in [-0.2, 0) is 6.54 Å². The average Bonchev–Trinajstić information content (AvgIpc) is 3.10. The molecule has 0 amide bonds. The fourth-order valence-corrected chi connectivity index (χ4v) is 2.51. The SMILES string of the molecule is CCCC1(CNCc2ccc(OC)c(F)c2)CC1. The Labute approximate surface area is 109 Å². The molecular formula is C15H22FNO. The van der Waals surface area contributed by atoms with Crippen molar-refractivity contribution >= 4 is 0 Å². The lowest BCUT2D eigenvalue weighted by atomic mass is 10.0. The highest BCUT2D eigenvalue weighted by molar-refractivity contribution is 5.29. The quantitative estimate of drug-likeness (QED) is 0.800. The monoisotopic (exact) mass is 251 g/mol. The van der Waals surface area contributed by atoms with Gasteiger partial charge in [0.15, 0.2) is 11.6 Å². The summed E-state index contributed by atoms with van der Waals surface area (Å²) in [5.41, 5.74) is 1.51. The zero-order chi connectivity index (χ0) is 13.0. The maximum Gasteiger partial charge on any atom is 0.165 e. The summed E-state index contributed by atoms with van der Waals surface area (Å²) in [5, 5.41) is 3.45. The van der Waals surface area contributed by atoms with Gasteiger partial charge in [-0.05, 0) is 42.4 Å². The summed E-state index contributed by atoms with van der Waals surface area (Å²) < 4.78 is 18.4. The Morgan fingerprint density at radius 3 is 2.72 bits per heavy atom. The molecule has 0 atom stereocenters. The number of benzene rings is 1. The number of methoxy groups -OCH3 is 1.